The number of benzene rings is 1. The molecule has 0 amide bonds. The molecule has 1 aromatic carbocycles. The van der Waals surface area contributed by atoms with Gasteiger partial charge in [0.25, 0.3) is 0 Å². The molecule has 0 spiro atoms. The third kappa shape index (κ3) is 4.06. The number of rotatable bonds is 5. The molecule has 0 heterocycles. The fraction of sp³-hybridized carbons (Fsp3) is 0.533. The zero-order valence-corrected chi connectivity index (χ0v) is 12.5. The molecular formula is C15H20N2O2S. The van der Waals surface area contributed by atoms with Crippen molar-refractivity contribution in [2.75, 3.05) is 6.54 Å². The van der Waals surface area contributed by atoms with Gasteiger partial charge in [0.05, 0.1) is 17.4 Å². The van der Waals surface area contributed by atoms with Gasteiger partial charge in [-0.05, 0) is 36.0 Å². The molecular weight excluding hydrogens is 272 g/mol. The van der Waals surface area contributed by atoms with Gasteiger partial charge in [-0.2, -0.15) is 5.26 Å². The summed E-state index contributed by atoms with van der Waals surface area (Å²) in [5.74, 6) is -0.0329. The van der Waals surface area contributed by atoms with Crippen LogP contribution in [0.1, 0.15) is 43.7 Å². The fourth-order valence-corrected chi connectivity index (χ4v) is 3.94. The first-order valence-corrected chi connectivity index (χ1v) is 8.54. The Kier molecular flexibility index (Phi) is 4.46. The molecule has 1 aliphatic rings. The van der Waals surface area contributed by atoms with Crippen LogP contribution in [0, 0.1) is 16.7 Å². The van der Waals surface area contributed by atoms with Crippen LogP contribution in [0.4, 0.5) is 0 Å². The summed E-state index contributed by atoms with van der Waals surface area (Å²) in [5, 5.41) is 8.71. The molecule has 0 aromatic heterocycles. The van der Waals surface area contributed by atoms with E-state index in [9.17, 15) is 8.42 Å². The van der Waals surface area contributed by atoms with Crippen molar-refractivity contribution in [2.24, 2.45) is 5.41 Å². The zero-order valence-electron chi connectivity index (χ0n) is 11.7. The highest BCUT2D eigenvalue weighted by atomic mass is 32.2. The van der Waals surface area contributed by atoms with Crippen LogP contribution in [0.15, 0.2) is 24.3 Å². The zero-order chi connectivity index (χ0) is 14.6. The van der Waals surface area contributed by atoms with Crippen LogP contribution < -0.4 is 4.72 Å². The molecule has 1 N–H and O–H groups in total. The first-order chi connectivity index (χ1) is 9.42. The van der Waals surface area contributed by atoms with Crippen LogP contribution in [0.25, 0.3) is 0 Å². The van der Waals surface area contributed by atoms with E-state index < -0.39 is 10.0 Å². The Hall–Kier alpha value is -1.38. The van der Waals surface area contributed by atoms with Gasteiger partial charge in [0.1, 0.15) is 0 Å². The Morgan fingerprint density at radius 2 is 1.85 bits per heavy atom. The first-order valence-electron chi connectivity index (χ1n) is 6.89. The molecule has 0 saturated heterocycles. The summed E-state index contributed by atoms with van der Waals surface area (Å²) in [6, 6.07) is 8.68. The average Bonchev–Trinajstić information content (AvgIpc) is 2.85. The molecule has 1 aromatic rings. The van der Waals surface area contributed by atoms with Crippen molar-refractivity contribution < 1.29 is 8.42 Å². The molecule has 4 nitrogen and oxygen atoms in total. The summed E-state index contributed by atoms with van der Waals surface area (Å²) in [7, 11) is -3.31. The number of hydrogen-bond donors (Lipinski definition) is 1. The normalized spacial score (nSPS) is 17.8. The third-order valence-corrected chi connectivity index (χ3v) is 5.27. The van der Waals surface area contributed by atoms with Gasteiger partial charge in [-0.3, -0.25) is 0 Å². The molecule has 1 aliphatic carbocycles. The van der Waals surface area contributed by atoms with Gasteiger partial charge < -0.3 is 0 Å². The Bertz CT molecular complexity index is 594. The molecule has 0 atom stereocenters. The summed E-state index contributed by atoms with van der Waals surface area (Å²) in [6.07, 6.45) is 4.56. The second-order valence-electron chi connectivity index (χ2n) is 5.91. The maximum atomic E-state index is 12.1. The van der Waals surface area contributed by atoms with Gasteiger partial charge in [0, 0.05) is 6.54 Å². The second kappa shape index (κ2) is 5.94. The van der Waals surface area contributed by atoms with Crippen LogP contribution in [0.5, 0.6) is 0 Å². The van der Waals surface area contributed by atoms with E-state index >= 15 is 0 Å². The maximum Gasteiger partial charge on any atom is 0.215 e. The molecule has 0 unspecified atom stereocenters. The van der Waals surface area contributed by atoms with Crippen molar-refractivity contribution >= 4 is 10.0 Å². The molecule has 0 radical (unpaired) electrons. The summed E-state index contributed by atoms with van der Waals surface area (Å²) in [6.45, 7) is 2.66. The van der Waals surface area contributed by atoms with E-state index in [0.717, 1.165) is 12.8 Å². The summed E-state index contributed by atoms with van der Waals surface area (Å²) in [5.41, 5.74) is 1.35. The monoisotopic (exact) mass is 292 g/mol. The predicted molar refractivity (Wildman–Crippen MR) is 78.4 cm³/mol. The molecule has 108 valence electrons. The Morgan fingerprint density at radius 3 is 2.40 bits per heavy atom. The minimum absolute atomic E-state index is 0.0329. The number of nitrogens with zero attached hydrogens (tertiary/aromatic N) is 1. The van der Waals surface area contributed by atoms with Gasteiger partial charge in [-0.15, -0.1) is 0 Å². The molecule has 5 heteroatoms. The largest absolute Gasteiger partial charge is 0.215 e. The molecule has 1 saturated carbocycles. The number of nitriles is 1. The SMILES string of the molecule is CC1(CNS(=O)(=O)Cc2ccc(C#N)cc2)CCCC1. The summed E-state index contributed by atoms with van der Waals surface area (Å²) >= 11 is 0. The number of hydrogen-bond acceptors (Lipinski definition) is 3. The van der Waals surface area contributed by atoms with Crippen molar-refractivity contribution in [3.8, 4) is 6.07 Å². The molecule has 20 heavy (non-hydrogen) atoms. The smallest absolute Gasteiger partial charge is 0.214 e. The number of nitrogens with one attached hydrogen (secondary N) is 1. The average molecular weight is 292 g/mol. The predicted octanol–water partition coefficient (Wildman–Crippen LogP) is 2.56. The lowest BCUT2D eigenvalue weighted by atomic mass is 9.89. The minimum Gasteiger partial charge on any atom is -0.214 e. The van der Waals surface area contributed by atoms with E-state index in [-0.39, 0.29) is 11.2 Å². The topological polar surface area (TPSA) is 70.0 Å². The van der Waals surface area contributed by atoms with Crippen molar-refractivity contribution in [3.63, 3.8) is 0 Å². The van der Waals surface area contributed by atoms with Crippen LogP contribution >= 0.6 is 0 Å². The molecule has 0 aliphatic heterocycles. The van der Waals surface area contributed by atoms with Crippen molar-refractivity contribution in [1.29, 1.82) is 5.26 Å². The lowest BCUT2D eigenvalue weighted by molar-refractivity contribution is 0.336. The maximum absolute atomic E-state index is 12.1. The summed E-state index contributed by atoms with van der Waals surface area (Å²) in [4.78, 5) is 0. The van der Waals surface area contributed by atoms with Gasteiger partial charge >= 0.3 is 0 Å². The first kappa shape index (κ1) is 15.0. The van der Waals surface area contributed by atoms with Crippen LogP contribution in [0.2, 0.25) is 0 Å². The van der Waals surface area contributed by atoms with Gasteiger partial charge in [-0.25, -0.2) is 13.1 Å². The summed E-state index contributed by atoms with van der Waals surface area (Å²) < 4.78 is 26.9. The second-order valence-corrected chi connectivity index (χ2v) is 7.71. The van der Waals surface area contributed by atoms with Gasteiger partial charge in [0.2, 0.25) is 10.0 Å². The standard InChI is InChI=1S/C15H20N2O2S/c1-15(8-2-3-9-15)12-17-20(18,19)11-14-6-4-13(10-16)5-7-14/h4-7,17H,2-3,8-9,11-12H2,1H3. The van der Waals surface area contributed by atoms with E-state index in [2.05, 4.69) is 11.6 Å². The Balaban J connectivity index is 1.94. The quantitative estimate of drug-likeness (QED) is 0.906. The van der Waals surface area contributed by atoms with Crippen molar-refractivity contribution in [3.05, 3.63) is 35.4 Å². The lowest BCUT2D eigenvalue weighted by Crippen LogP contribution is -2.34. The van der Waals surface area contributed by atoms with E-state index in [1.165, 1.54) is 12.8 Å². The van der Waals surface area contributed by atoms with Crippen molar-refractivity contribution in [2.45, 2.75) is 38.4 Å². The highest BCUT2D eigenvalue weighted by Gasteiger charge is 2.29. The highest BCUT2D eigenvalue weighted by molar-refractivity contribution is 7.88. The number of sulfonamides is 1. The fourth-order valence-electron chi connectivity index (χ4n) is 2.64. The van der Waals surface area contributed by atoms with Crippen LogP contribution in [-0.4, -0.2) is 15.0 Å². The van der Waals surface area contributed by atoms with Crippen LogP contribution in [-0.2, 0) is 15.8 Å². The Morgan fingerprint density at radius 1 is 1.25 bits per heavy atom. The highest BCUT2D eigenvalue weighted by Crippen LogP contribution is 2.36. The van der Waals surface area contributed by atoms with Crippen molar-refractivity contribution in [1.82, 2.24) is 4.72 Å². The van der Waals surface area contributed by atoms with Crippen LogP contribution in [0.3, 0.4) is 0 Å². The van der Waals surface area contributed by atoms with E-state index in [1.54, 1.807) is 24.3 Å². The Labute approximate surface area is 120 Å². The lowest BCUT2D eigenvalue weighted by Gasteiger charge is -2.23. The van der Waals surface area contributed by atoms with Gasteiger partial charge in [-0.1, -0.05) is 31.9 Å². The minimum atomic E-state index is -3.31. The van der Waals surface area contributed by atoms with E-state index in [4.69, 9.17) is 5.26 Å². The van der Waals surface area contributed by atoms with E-state index in [0.29, 0.717) is 17.7 Å². The molecule has 2 rings (SSSR count). The van der Waals surface area contributed by atoms with Gasteiger partial charge in [0.15, 0.2) is 0 Å². The third-order valence-electron chi connectivity index (χ3n) is 3.97. The van der Waals surface area contributed by atoms with E-state index in [1.807, 2.05) is 6.07 Å². The molecule has 0 bridgehead atoms. The molecule has 1 fully saturated rings.